The minimum atomic E-state index is -2.06. The first-order valence-corrected chi connectivity index (χ1v) is 16.4. The second-order valence-corrected chi connectivity index (χ2v) is 12.9. The fraction of sp³-hybridized carbons (Fsp3) is 0.545. The van der Waals surface area contributed by atoms with Crippen molar-refractivity contribution >= 4 is 11.0 Å². The third-order valence-electron chi connectivity index (χ3n) is 9.56. The van der Waals surface area contributed by atoms with Crippen molar-refractivity contribution < 1.29 is 94.5 Å². The molecule has 3 fully saturated rings. The Balaban J connectivity index is 1.44. The van der Waals surface area contributed by atoms with Crippen molar-refractivity contribution in [2.75, 3.05) is 19.8 Å². The lowest BCUT2D eigenvalue weighted by Crippen LogP contribution is -2.66. The lowest BCUT2D eigenvalue weighted by atomic mass is 9.89. The van der Waals surface area contributed by atoms with Crippen LogP contribution in [0.2, 0.25) is 0 Å². The number of benzene rings is 2. The van der Waals surface area contributed by atoms with Crippen LogP contribution in [0.1, 0.15) is 11.7 Å². The molecule has 3 aromatic rings. The van der Waals surface area contributed by atoms with Gasteiger partial charge in [0.25, 0.3) is 0 Å². The van der Waals surface area contributed by atoms with Gasteiger partial charge in [0, 0.05) is 17.7 Å². The van der Waals surface area contributed by atoms with E-state index in [0.29, 0.717) is 0 Å². The summed E-state index contributed by atoms with van der Waals surface area (Å²) in [5, 5.41) is 136. The van der Waals surface area contributed by atoms with E-state index in [1.165, 1.54) is 24.3 Å². The van der Waals surface area contributed by atoms with E-state index in [2.05, 4.69) is 0 Å². The number of hydrogen-bond donors (Lipinski definition) is 13. The molecule has 4 heterocycles. The third-order valence-corrected chi connectivity index (χ3v) is 9.56. The molecule has 3 aliphatic rings. The Morgan fingerprint density at radius 3 is 1.72 bits per heavy atom. The Kier molecular flexibility index (Phi) is 11.6. The summed E-state index contributed by atoms with van der Waals surface area (Å²) < 4.78 is 34.7. The highest BCUT2D eigenvalue weighted by atomic mass is 16.8. The predicted octanol–water partition coefficient (Wildman–Crippen LogP) is -4.26. The number of phenols is 3. The molecular formula is C33H40O20. The van der Waals surface area contributed by atoms with Crippen LogP contribution in [-0.4, -0.2) is 172 Å². The zero-order valence-corrected chi connectivity index (χ0v) is 27.4. The highest BCUT2D eigenvalue weighted by Crippen LogP contribution is 2.45. The molecule has 0 spiro atoms. The largest absolute Gasteiger partial charge is 0.508 e. The highest BCUT2D eigenvalue weighted by molar-refractivity contribution is 5.89. The van der Waals surface area contributed by atoms with Crippen LogP contribution in [0.4, 0.5) is 0 Å². The average Bonchev–Trinajstić information content (AvgIpc) is 3.13. The monoisotopic (exact) mass is 756 g/mol. The number of phenolic OH excluding ortho intramolecular Hbond substituents is 3. The summed E-state index contributed by atoms with van der Waals surface area (Å²) in [6.07, 6.45) is -27.9. The summed E-state index contributed by atoms with van der Waals surface area (Å²) >= 11 is 0. The molecule has 6 rings (SSSR count). The van der Waals surface area contributed by atoms with E-state index in [1.54, 1.807) is 0 Å². The Bertz CT molecular complexity index is 1780. The molecule has 3 aliphatic heterocycles. The standard InChI is InChI=1S/C33H40O20/c34-7-16-22(42)25(45)30(52-33-31(26(46)23(43)18(9-36)51-33)53-32-27(47)24(44)21(41)17(8-35)50-32)29(49-16)20-13(39)5-12(38)19-14(40)6-15(48-28(19)20)10-1-3-11(37)4-2-10/h1-6,16-18,21-27,29-39,41-47H,7-9H2/t16-,17+,18-,21-,22-,23-,24+,25+,26+,27-,29+,30+,31-,32+,33+/m1/s1. The lowest BCUT2D eigenvalue weighted by Gasteiger charge is -2.48. The van der Waals surface area contributed by atoms with E-state index < -0.39 is 145 Å². The molecule has 15 atom stereocenters. The van der Waals surface area contributed by atoms with Gasteiger partial charge in [0.2, 0.25) is 0 Å². The van der Waals surface area contributed by atoms with E-state index >= 15 is 0 Å². The zero-order valence-electron chi connectivity index (χ0n) is 27.4. The van der Waals surface area contributed by atoms with Gasteiger partial charge in [-0.1, -0.05) is 0 Å². The summed E-state index contributed by atoms with van der Waals surface area (Å²) in [6, 6.07) is 7.20. The SMILES string of the molecule is O=c1cc(-c2ccc(O)cc2)oc2c([C@@H]3O[C@H](CO)[C@@H](O)[C@H](O)[C@@H]3O[C@@H]3O[C@H](CO)[C@@H](O)[C@H](O)[C@H]3O[C@@H]3O[C@@H](CO)[C@@H](O)[C@H](O)[C@H]3O)c(O)cc(O)c12. The van der Waals surface area contributed by atoms with Crippen LogP contribution in [0.25, 0.3) is 22.3 Å². The number of fused-ring (bicyclic) bond motifs is 1. The molecule has 1 aromatic heterocycles. The van der Waals surface area contributed by atoms with Crippen molar-refractivity contribution in [3.8, 4) is 28.6 Å². The zero-order chi connectivity index (χ0) is 38.5. The van der Waals surface area contributed by atoms with Gasteiger partial charge in [-0.15, -0.1) is 0 Å². The summed E-state index contributed by atoms with van der Waals surface area (Å²) in [5.74, 6) is -1.74. The summed E-state index contributed by atoms with van der Waals surface area (Å²) in [6.45, 7) is -2.67. The van der Waals surface area contributed by atoms with Gasteiger partial charge in [-0.2, -0.15) is 0 Å². The van der Waals surface area contributed by atoms with Crippen LogP contribution in [0.3, 0.4) is 0 Å². The highest BCUT2D eigenvalue weighted by Gasteiger charge is 2.54. The molecule has 13 N–H and O–H groups in total. The number of rotatable bonds is 9. The van der Waals surface area contributed by atoms with Crippen molar-refractivity contribution in [3.63, 3.8) is 0 Å². The first-order valence-electron chi connectivity index (χ1n) is 16.4. The van der Waals surface area contributed by atoms with Gasteiger partial charge in [-0.25, -0.2) is 0 Å². The van der Waals surface area contributed by atoms with Gasteiger partial charge in [-0.05, 0) is 24.3 Å². The minimum Gasteiger partial charge on any atom is -0.508 e. The number of aliphatic hydroxyl groups excluding tert-OH is 10. The molecule has 53 heavy (non-hydrogen) atoms. The van der Waals surface area contributed by atoms with Crippen LogP contribution in [-0.2, 0) is 23.7 Å². The van der Waals surface area contributed by atoms with Gasteiger partial charge in [0.05, 0.1) is 25.4 Å². The number of aliphatic hydroxyl groups is 10. The number of hydrogen-bond acceptors (Lipinski definition) is 20. The van der Waals surface area contributed by atoms with Crippen LogP contribution in [0.5, 0.6) is 17.2 Å². The second kappa shape index (κ2) is 15.7. The molecule has 0 bridgehead atoms. The molecule has 0 saturated carbocycles. The third kappa shape index (κ3) is 7.21. The number of ether oxygens (including phenoxy) is 5. The van der Waals surface area contributed by atoms with Crippen molar-refractivity contribution in [1.29, 1.82) is 0 Å². The summed E-state index contributed by atoms with van der Waals surface area (Å²) in [5.41, 5.74) is -1.50. The quantitative estimate of drug-likeness (QED) is 0.0983. The summed E-state index contributed by atoms with van der Waals surface area (Å²) in [7, 11) is 0. The fourth-order valence-electron chi connectivity index (χ4n) is 6.64. The van der Waals surface area contributed by atoms with Gasteiger partial charge in [0.15, 0.2) is 23.6 Å². The molecule has 20 nitrogen and oxygen atoms in total. The van der Waals surface area contributed by atoms with Crippen LogP contribution < -0.4 is 5.43 Å². The van der Waals surface area contributed by atoms with Gasteiger partial charge >= 0.3 is 0 Å². The Hall–Kier alpha value is -3.55. The molecule has 0 unspecified atom stereocenters. The number of aromatic hydroxyl groups is 3. The van der Waals surface area contributed by atoms with E-state index in [9.17, 15) is 71.2 Å². The molecule has 292 valence electrons. The molecule has 0 amide bonds. The van der Waals surface area contributed by atoms with Crippen LogP contribution in [0.15, 0.2) is 45.6 Å². The van der Waals surface area contributed by atoms with Crippen molar-refractivity contribution in [2.24, 2.45) is 0 Å². The van der Waals surface area contributed by atoms with E-state index in [-0.39, 0.29) is 17.1 Å². The van der Waals surface area contributed by atoms with E-state index in [0.717, 1.165) is 12.1 Å². The smallest absolute Gasteiger partial charge is 0.197 e. The van der Waals surface area contributed by atoms with Gasteiger partial charge < -0.3 is 94.5 Å². The van der Waals surface area contributed by atoms with E-state index in [1.807, 2.05) is 0 Å². The normalized spacial score (nSPS) is 37.9. The van der Waals surface area contributed by atoms with Crippen molar-refractivity contribution in [2.45, 2.75) is 91.9 Å². The Morgan fingerprint density at radius 2 is 1.11 bits per heavy atom. The maximum atomic E-state index is 13.4. The van der Waals surface area contributed by atoms with Crippen molar-refractivity contribution in [1.82, 2.24) is 0 Å². The van der Waals surface area contributed by atoms with Crippen LogP contribution >= 0.6 is 0 Å². The first kappa shape index (κ1) is 39.2. The molecule has 2 aromatic carbocycles. The summed E-state index contributed by atoms with van der Waals surface area (Å²) in [4.78, 5) is 13.4. The lowest BCUT2D eigenvalue weighted by molar-refractivity contribution is -0.383. The fourth-order valence-corrected chi connectivity index (χ4v) is 6.64. The average molecular weight is 757 g/mol. The van der Waals surface area contributed by atoms with Crippen LogP contribution in [0, 0.1) is 0 Å². The second-order valence-electron chi connectivity index (χ2n) is 12.9. The maximum Gasteiger partial charge on any atom is 0.197 e. The van der Waals surface area contributed by atoms with Crippen molar-refractivity contribution in [3.05, 3.63) is 52.2 Å². The first-order chi connectivity index (χ1) is 25.2. The predicted molar refractivity (Wildman–Crippen MR) is 171 cm³/mol. The Labute approximate surface area is 298 Å². The minimum absolute atomic E-state index is 0.106. The van der Waals surface area contributed by atoms with Gasteiger partial charge in [-0.3, -0.25) is 4.79 Å². The van der Waals surface area contributed by atoms with E-state index in [4.69, 9.17) is 28.1 Å². The molecular weight excluding hydrogens is 716 g/mol. The van der Waals surface area contributed by atoms with Gasteiger partial charge in [0.1, 0.15) is 108 Å². The molecule has 0 aliphatic carbocycles. The molecule has 20 heteroatoms. The molecule has 0 radical (unpaired) electrons. The molecule has 3 saturated heterocycles. The Morgan fingerprint density at radius 1 is 0.585 bits per heavy atom. The maximum absolute atomic E-state index is 13.4. The topological polar surface area (TPSA) is 339 Å².